The number of rotatable bonds is 3. The molecule has 1 aromatic rings. The van der Waals surface area contributed by atoms with Crippen LogP contribution in [0.2, 0.25) is 0 Å². The van der Waals surface area contributed by atoms with Crippen molar-refractivity contribution in [2.24, 2.45) is 5.73 Å². The van der Waals surface area contributed by atoms with Gasteiger partial charge in [0.2, 0.25) is 5.91 Å². The van der Waals surface area contributed by atoms with E-state index in [0.717, 1.165) is 0 Å². The van der Waals surface area contributed by atoms with Gasteiger partial charge >= 0.3 is 0 Å². The molecule has 0 aliphatic carbocycles. The molecule has 1 rings (SSSR count). The lowest BCUT2D eigenvalue weighted by atomic mass is 9.98. The zero-order valence-electron chi connectivity index (χ0n) is 9.14. The predicted molar refractivity (Wildman–Crippen MR) is 58.3 cm³/mol. The largest absolute Gasteiger partial charge is 0.385 e. The lowest BCUT2D eigenvalue weighted by molar-refractivity contribution is -0.132. The van der Waals surface area contributed by atoms with Crippen molar-refractivity contribution in [1.29, 1.82) is 0 Å². The first-order valence-electron chi connectivity index (χ1n) is 4.73. The van der Waals surface area contributed by atoms with E-state index in [0.29, 0.717) is 22.6 Å². The molecule has 0 saturated heterocycles. The summed E-state index contributed by atoms with van der Waals surface area (Å²) in [5.41, 5.74) is 11.9. The summed E-state index contributed by atoms with van der Waals surface area (Å²) in [6, 6.07) is 1.55. The third kappa shape index (κ3) is 2.29. The highest BCUT2D eigenvalue weighted by atomic mass is 16.3. The average molecular weight is 225 g/mol. The number of nitrogen functional groups attached to an aromatic ring is 1. The normalized spacial score (nSPS) is 14.5. The Morgan fingerprint density at radius 3 is 2.44 bits per heavy atom. The van der Waals surface area contributed by atoms with Crippen LogP contribution >= 0.6 is 0 Å². The Hall–Kier alpha value is -1.66. The van der Waals surface area contributed by atoms with Crippen molar-refractivity contribution in [1.82, 2.24) is 4.98 Å². The highest BCUT2D eigenvalue weighted by Crippen LogP contribution is 2.24. The minimum Gasteiger partial charge on any atom is -0.385 e. The first-order valence-corrected chi connectivity index (χ1v) is 4.73. The van der Waals surface area contributed by atoms with E-state index in [4.69, 9.17) is 11.5 Å². The summed E-state index contributed by atoms with van der Waals surface area (Å²) in [5.74, 6) is -0.664. The number of aryl methyl sites for hydroxylation is 2. The van der Waals surface area contributed by atoms with Gasteiger partial charge < -0.3 is 21.7 Å². The van der Waals surface area contributed by atoms with Crippen molar-refractivity contribution < 1.29 is 15.0 Å². The fourth-order valence-corrected chi connectivity index (χ4v) is 1.63. The molecule has 0 fully saturated rings. The smallest absolute Gasteiger partial charge is 0.249 e. The molecule has 6 nitrogen and oxygen atoms in total. The molecule has 0 saturated carbocycles. The zero-order valence-corrected chi connectivity index (χ0v) is 9.14. The van der Waals surface area contributed by atoms with Crippen LogP contribution in [0.25, 0.3) is 0 Å². The van der Waals surface area contributed by atoms with Crippen LogP contribution in [-0.2, 0) is 4.79 Å². The van der Waals surface area contributed by atoms with E-state index in [9.17, 15) is 15.0 Å². The molecule has 88 valence electrons. The van der Waals surface area contributed by atoms with Crippen molar-refractivity contribution in [2.45, 2.75) is 26.1 Å². The standard InChI is InChI=1S/C10H15N3O3/c1-4-3-6(11)13-5(2)7(4)8(14)9(15)10(12)16/h3,8-9,14-15H,1-2H3,(H2,11,13)(H2,12,16). The van der Waals surface area contributed by atoms with Gasteiger partial charge in [0.15, 0.2) is 6.10 Å². The number of amides is 1. The van der Waals surface area contributed by atoms with Gasteiger partial charge in [-0.1, -0.05) is 0 Å². The second-order valence-corrected chi connectivity index (χ2v) is 3.66. The molecule has 1 aromatic heterocycles. The van der Waals surface area contributed by atoms with Crippen LogP contribution in [0.4, 0.5) is 5.82 Å². The monoisotopic (exact) mass is 225 g/mol. The summed E-state index contributed by atoms with van der Waals surface area (Å²) in [7, 11) is 0. The van der Waals surface area contributed by atoms with Gasteiger partial charge in [-0.3, -0.25) is 4.79 Å². The average Bonchev–Trinajstić information content (AvgIpc) is 2.14. The molecule has 0 spiro atoms. The number of carbonyl (C=O) groups is 1. The van der Waals surface area contributed by atoms with Crippen molar-refractivity contribution in [2.75, 3.05) is 5.73 Å². The van der Waals surface area contributed by atoms with Crippen LogP contribution in [0.1, 0.15) is 22.9 Å². The number of aliphatic hydroxyl groups excluding tert-OH is 2. The second-order valence-electron chi connectivity index (χ2n) is 3.66. The molecule has 6 heteroatoms. The lowest BCUT2D eigenvalue weighted by Crippen LogP contribution is -2.34. The Kier molecular flexibility index (Phi) is 3.46. The fourth-order valence-electron chi connectivity index (χ4n) is 1.63. The maximum absolute atomic E-state index is 10.8. The fraction of sp³-hybridized carbons (Fsp3) is 0.400. The summed E-state index contributed by atoms with van der Waals surface area (Å²) >= 11 is 0. The van der Waals surface area contributed by atoms with E-state index in [1.165, 1.54) is 0 Å². The SMILES string of the molecule is Cc1cc(N)nc(C)c1C(O)C(O)C(N)=O. The number of hydrogen-bond acceptors (Lipinski definition) is 5. The molecular formula is C10H15N3O3. The number of carbonyl (C=O) groups excluding carboxylic acids is 1. The number of primary amides is 1. The van der Waals surface area contributed by atoms with Crippen LogP contribution in [0, 0.1) is 13.8 Å². The van der Waals surface area contributed by atoms with Gasteiger partial charge in [-0.05, 0) is 25.5 Å². The van der Waals surface area contributed by atoms with E-state index >= 15 is 0 Å². The van der Waals surface area contributed by atoms with Gasteiger partial charge in [-0.25, -0.2) is 4.98 Å². The van der Waals surface area contributed by atoms with Crippen LogP contribution in [0.5, 0.6) is 0 Å². The number of nitrogens with two attached hydrogens (primary N) is 2. The van der Waals surface area contributed by atoms with Crippen molar-refractivity contribution in [3.63, 3.8) is 0 Å². The van der Waals surface area contributed by atoms with Crippen molar-refractivity contribution >= 4 is 11.7 Å². The first-order chi connectivity index (χ1) is 7.34. The Labute approximate surface area is 92.9 Å². The lowest BCUT2D eigenvalue weighted by Gasteiger charge is -2.19. The molecule has 6 N–H and O–H groups in total. The summed E-state index contributed by atoms with van der Waals surface area (Å²) in [4.78, 5) is 14.7. The van der Waals surface area contributed by atoms with E-state index in [1.807, 2.05) is 0 Å². The van der Waals surface area contributed by atoms with E-state index in [1.54, 1.807) is 19.9 Å². The van der Waals surface area contributed by atoms with Crippen LogP contribution in [0.3, 0.4) is 0 Å². The molecular weight excluding hydrogens is 210 g/mol. The van der Waals surface area contributed by atoms with Gasteiger partial charge in [0.1, 0.15) is 11.9 Å². The summed E-state index contributed by atoms with van der Waals surface area (Å²) in [5, 5.41) is 19.2. The van der Waals surface area contributed by atoms with Gasteiger partial charge in [0, 0.05) is 11.3 Å². The zero-order chi connectivity index (χ0) is 12.5. The van der Waals surface area contributed by atoms with Gasteiger partial charge in [0.25, 0.3) is 0 Å². The molecule has 0 radical (unpaired) electrons. The molecule has 0 aliphatic heterocycles. The highest BCUT2D eigenvalue weighted by molar-refractivity contribution is 5.79. The Morgan fingerprint density at radius 2 is 2.00 bits per heavy atom. The summed E-state index contributed by atoms with van der Waals surface area (Å²) in [6.45, 7) is 3.34. The number of aromatic nitrogens is 1. The quantitative estimate of drug-likeness (QED) is 0.534. The van der Waals surface area contributed by atoms with Gasteiger partial charge in [-0.2, -0.15) is 0 Å². The van der Waals surface area contributed by atoms with Crippen LogP contribution in [-0.4, -0.2) is 27.2 Å². The van der Waals surface area contributed by atoms with Gasteiger partial charge in [-0.15, -0.1) is 0 Å². The summed E-state index contributed by atoms with van der Waals surface area (Å²) in [6.07, 6.45) is -3.03. The number of nitrogens with zero attached hydrogens (tertiary/aromatic N) is 1. The molecule has 1 amide bonds. The van der Waals surface area contributed by atoms with Gasteiger partial charge in [0.05, 0.1) is 0 Å². The maximum atomic E-state index is 10.8. The van der Waals surface area contributed by atoms with E-state index in [-0.39, 0.29) is 0 Å². The summed E-state index contributed by atoms with van der Waals surface area (Å²) < 4.78 is 0. The third-order valence-corrected chi connectivity index (χ3v) is 2.36. The Balaban J connectivity index is 3.18. The molecule has 0 bridgehead atoms. The van der Waals surface area contributed by atoms with E-state index in [2.05, 4.69) is 4.98 Å². The molecule has 2 unspecified atom stereocenters. The second kappa shape index (κ2) is 4.46. The van der Waals surface area contributed by atoms with Crippen molar-refractivity contribution in [3.05, 3.63) is 22.9 Å². The number of pyridine rings is 1. The number of hydrogen-bond donors (Lipinski definition) is 4. The molecule has 0 aromatic carbocycles. The number of anilines is 1. The van der Waals surface area contributed by atoms with E-state index < -0.39 is 18.1 Å². The first kappa shape index (κ1) is 12.4. The molecule has 1 heterocycles. The Bertz CT molecular complexity index is 397. The predicted octanol–water partition coefficient (Wildman–Crippen LogP) is -0.840. The third-order valence-electron chi connectivity index (χ3n) is 2.36. The van der Waals surface area contributed by atoms with Crippen LogP contribution < -0.4 is 11.5 Å². The molecule has 16 heavy (non-hydrogen) atoms. The highest BCUT2D eigenvalue weighted by Gasteiger charge is 2.26. The Morgan fingerprint density at radius 1 is 1.44 bits per heavy atom. The maximum Gasteiger partial charge on any atom is 0.249 e. The molecule has 0 aliphatic rings. The molecule has 2 atom stereocenters. The number of aliphatic hydroxyl groups is 2. The topological polar surface area (TPSA) is 122 Å². The van der Waals surface area contributed by atoms with Crippen LogP contribution in [0.15, 0.2) is 6.07 Å². The van der Waals surface area contributed by atoms with Crippen molar-refractivity contribution in [3.8, 4) is 0 Å². The minimum atomic E-state index is -1.65. The minimum absolute atomic E-state index is 0.319.